The summed E-state index contributed by atoms with van der Waals surface area (Å²) in [5, 5.41) is 3.11. The first kappa shape index (κ1) is 16.7. The lowest BCUT2D eigenvalue weighted by atomic mass is 9.76. The lowest BCUT2D eigenvalue weighted by Crippen LogP contribution is -2.75. The summed E-state index contributed by atoms with van der Waals surface area (Å²) in [6.07, 6.45) is 8.54. The molecule has 2 rings (SSSR count). The molecule has 120 valence electrons. The van der Waals surface area contributed by atoms with Gasteiger partial charge in [0.1, 0.15) is 11.1 Å². The Hall–Kier alpha value is -0.710. The van der Waals surface area contributed by atoms with Crippen LogP contribution >= 0.6 is 11.8 Å². The molecule has 2 aliphatic rings. The third-order valence-corrected chi connectivity index (χ3v) is 5.91. The van der Waals surface area contributed by atoms with Crippen LogP contribution in [0.2, 0.25) is 0 Å². The third kappa shape index (κ3) is 2.94. The molecule has 2 amide bonds. The molecule has 0 aromatic carbocycles. The van der Waals surface area contributed by atoms with Gasteiger partial charge in [0.2, 0.25) is 11.8 Å². The molecule has 4 nitrogen and oxygen atoms in total. The standard InChI is InChI=1S/C16H28N2O2S/c1-4-15(2)13(19)17-16(9-6-5-7-10-16)14(20)18(15)11-8-12-21-3/h4-12H2,1-3H3,(H,17,19). The average molecular weight is 312 g/mol. The quantitative estimate of drug-likeness (QED) is 0.794. The second-order valence-electron chi connectivity index (χ2n) is 6.53. The van der Waals surface area contributed by atoms with E-state index >= 15 is 0 Å². The number of rotatable bonds is 5. The highest BCUT2D eigenvalue weighted by Gasteiger charge is 2.55. The van der Waals surface area contributed by atoms with Crippen LogP contribution < -0.4 is 5.32 Å². The Morgan fingerprint density at radius 1 is 1.24 bits per heavy atom. The number of hydrogen-bond donors (Lipinski definition) is 1. The van der Waals surface area contributed by atoms with Crippen LogP contribution in [0.5, 0.6) is 0 Å². The Bertz CT molecular complexity index is 407. The molecule has 0 aromatic heterocycles. The number of thioether (sulfide) groups is 1. The second-order valence-corrected chi connectivity index (χ2v) is 7.51. The highest BCUT2D eigenvalue weighted by Crippen LogP contribution is 2.37. The van der Waals surface area contributed by atoms with Gasteiger partial charge in [-0.1, -0.05) is 26.2 Å². The van der Waals surface area contributed by atoms with E-state index in [1.165, 1.54) is 6.42 Å². The molecular weight excluding hydrogens is 284 g/mol. The van der Waals surface area contributed by atoms with E-state index < -0.39 is 11.1 Å². The fourth-order valence-electron chi connectivity index (χ4n) is 3.57. The van der Waals surface area contributed by atoms with Crippen molar-refractivity contribution in [3.8, 4) is 0 Å². The molecule has 1 spiro atoms. The molecule has 1 saturated carbocycles. The zero-order valence-electron chi connectivity index (χ0n) is 13.5. The number of amides is 2. The Morgan fingerprint density at radius 3 is 2.48 bits per heavy atom. The molecule has 5 heteroatoms. The van der Waals surface area contributed by atoms with E-state index in [4.69, 9.17) is 0 Å². The van der Waals surface area contributed by atoms with Gasteiger partial charge in [0, 0.05) is 6.54 Å². The van der Waals surface area contributed by atoms with Crippen LogP contribution in [-0.2, 0) is 9.59 Å². The van der Waals surface area contributed by atoms with Crippen LogP contribution in [0.3, 0.4) is 0 Å². The Balaban J connectivity index is 2.25. The Kier molecular flexibility index (Phi) is 5.23. The summed E-state index contributed by atoms with van der Waals surface area (Å²) in [4.78, 5) is 27.7. The van der Waals surface area contributed by atoms with Crippen molar-refractivity contribution in [2.45, 2.75) is 69.9 Å². The first-order chi connectivity index (χ1) is 10.00. The van der Waals surface area contributed by atoms with E-state index in [0.29, 0.717) is 13.0 Å². The average Bonchev–Trinajstić information content (AvgIpc) is 2.50. The predicted octanol–water partition coefficient (Wildman–Crippen LogP) is 2.57. The summed E-state index contributed by atoms with van der Waals surface area (Å²) < 4.78 is 0. The summed E-state index contributed by atoms with van der Waals surface area (Å²) in [7, 11) is 0. The van der Waals surface area contributed by atoms with Crippen molar-refractivity contribution in [2.75, 3.05) is 18.6 Å². The molecule has 0 bridgehead atoms. The molecule has 1 atom stereocenters. The molecule has 1 saturated heterocycles. The summed E-state index contributed by atoms with van der Waals surface area (Å²) in [6.45, 7) is 4.60. The van der Waals surface area contributed by atoms with Crippen molar-refractivity contribution in [3.05, 3.63) is 0 Å². The van der Waals surface area contributed by atoms with Crippen LogP contribution in [-0.4, -0.2) is 46.3 Å². The van der Waals surface area contributed by atoms with E-state index in [-0.39, 0.29) is 11.8 Å². The smallest absolute Gasteiger partial charge is 0.249 e. The lowest BCUT2D eigenvalue weighted by molar-refractivity contribution is -0.164. The SMILES string of the molecule is CCC1(C)C(=O)NC2(CCCCC2)C(=O)N1CCCSC. The molecule has 2 fully saturated rings. The van der Waals surface area contributed by atoms with Gasteiger partial charge >= 0.3 is 0 Å². The molecule has 1 aliphatic heterocycles. The maximum Gasteiger partial charge on any atom is 0.249 e. The van der Waals surface area contributed by atoms with Crippen molar-refractivity contribution < 1.29 is 9.59 Å². The van der Waals surface area contributed by atoms with Gasteiger partial charge in [-0.25, -0.2) is 0 Å². The van der Waals surface area contributed by atoms with Crippen molar-refractivity contribution in [3.63, 3.8) is 0 Å². The molecule has 0 aromatic rings. The molecule has 1 unspecified atom stereocenters. The second kappa shape index (κ2) is 6.59. The minimum Gasteiger partial charge on any atom is -0.340 e. The summed E-state index contributed by atoms with van der Waals surface area (Å²) in [6, 6.07) is 0. The van der Waals surface area contributed by atoms with Crippen LogP contribution in [0.15, 0.2) is 0 Å². The molecule has 21 heavy (non-hydrogen) atoms. The largest absolute Gasteiger partial charge is 0.340 e. The molecule has 1 N–H and O–H groups in total. The topological polar surface area (TPSA) is 49.4 Å². The fraction of sp³-hybridized carbons (Fsp3) is 0.875. The van der Waals surface area contributed by atoms with Gasteiger partial charge in [-0.2, -0.15) is 11.8 Å². The highest BCUT2D eigenvalue weighted by atomic mass is 32.2. The maximum atomic E-state index is 13.1. The molecule has 0 radical (unpaired) electrons. The van der Waals surface area contributed by atoms with Gasteiger partial charge in [-0.15, -0.1) is 0 Å². The van der Waals surface area contributed by atoms with Crippen LogP contribution in [0, 0.1) is 0 Å². The number of piperazine rings is 1. The van der Waals surface area contributed by atoms with Crippen LogP contribution in [0.1, 0.15) is 58.8 Å². The lowest BCUT2D eigenvalue weighted by Gasteiger charge is -2.52. The van der Waals surface area contributed by atoms with E-state index in [2.05, 4.69) is 11.6 Å². The number of carbonyl (C=O) groups excluding carboxylic acids is 2. The van der Waals surface area contributed by atoms with Gasteiger partial charge in [0.25, 0.3) is 0 Å². The van der Waals surface area contributed by atoms with E-state index in [1.54, 1.807) is 11.8 Å². The minimum absolute atomic E-state index is 0.0376. The Labute approximate surface area is 132 Å². The normalized spacial score (nSPS) is 28.8. The van der Waals surface area contributed by atoms with Gasteiger partial charge in [0.05, 0.1) is 0 Å². The third-order valence-electron chi connectivity index (χ3n) is 5.22. The number of nitrogens with zero attached hydrogens (tertiary/aromatic N) is 1. The van der Waals surface area contributed by atoms with E-state index in [9.17, 15) is 9.59 Å². The zero-order valence-corrected chi connectivity index (χ0v) is 14.4. The van der Waals surface area contributed by atoms with Crippen molar-refractivity contribution in [2.24, 2.45) is 0 Å². The van der Waals surface area contributed by atoms with Crippen LogP contribution in [0.25, 0.3) is 0 Å². The first-order valence-electron chi connectivity index (χ1n) is 8.14. The van der Waals surface area contributed by atoms with E-state index in [1.807, 2.05) is 18.7 Å². The predicted molar refractivity (Wildman–Crippen MR) is 87.4 cm³/mol. The zero-order chi connectivity index (χ0) is 15.5. The van der Waals surface area contributed by atoms with Crippen molar-refractivity contribution in [1.82, 2.24) is 10.2 Å². The van der Waals surface area contributed by atoms with Gasteiger partial charge < -0.3 is 10.2 Å². The fourth-order valence-corrected chi connectivity index (χ4v) is 3.99. The van der Waals surface area contributed by atoms with Gasteiger partial charge in [0.15, 0.2) is 0 Å². The molecular formula is C16H28N2O2S. The first-order valence-corrected chi connectivity index (χ1v) is 9.53. The molecule has 1 heterocycles. The summed E-state index contributed by atoms with van der Waals surface area (Å²) in [5.74, 6) is 1.22. The van der Waals surface area contributed by atoms with Crippen LogP contribution in [0.4, 0.5) is 0 Å². The number of hydrogen-bond acceptors (Lipinski definition) is 3. The minimum atomic E-state index is -0.682. The number of nitrogens with one attached hydrogen (secondary N) is 1. The van der Waals surface area contributed by atoms with Gasteiger partial charge in [-0.05, 0) is 44.6 Å². The van der Waals surface area contributed by atoms with E-state index in [0.717, 1.165) is 37.9 Å². The van der Waals surface area contributed by atoms with Crippen molar-refractivity contribution >= 4 is 23.6 Å². The summed E-state index contributed by atoms with van der Waals surface area (Å²) >= 11 is 1.79. The number of carbonyl (C=O) groups is 2. The monoisotopic (exact) mass is 312 g/mol. The van der Waals surface area contributed by atoms with Gasteiger partial charge in [-0.3, -0.25) is 9.59 Å². The van der Waals surface area contributed by atoms with Crippen molar-refractivity contribution in [1.29, 1.82) is 0 Å². The maximum absolute atomic E-state index is 13.1. The Morgan fingerprint density at radius 2 is 1.90 bits per heavy atom. The highest BCUT2D eigenvalue weighted by molar-refractivity contribution is 7.98. The molecule has 1 aliphatic carbocycles. The summed E-state index contributed by atoms with van der Waals surface area (Å²) in [5.41, 5.74) is -1.29.